The number of halogens is 3. The molecule has 0 aliphatic rings. The third kappa shape index (κ3) is 4.93. The summed E-state index contributed by atoms with van der Waals surface area (Å²) in [6.07, 6.45) is 3.42. The molecule has 0 saturated carbocycles. The first-order valence-corrected chi connectivity index (χ1v) is 8.69. The maximum absolute atomic E-state index is 12.9. The van der Waals surface area contributed by atoms with Crippen LogP contribution in [0.15, 0.2) is 48.8 Å². The SMILES string of the molecule is CC/C=C/Cn1cc(-c2cc(C)cc(Nc3cc(C(F)(F)F)ccn3)n2)nn1. The van der Waals surface area contributed by atoms with Crippen molar-refractivity contribution in [2.24, 2.45) is 0 Å². The summed E-state index contributed by atoms with van der Waals surface area (Å²) in [4.78, 5) is 8.37. The molecule has 3 aromatic rings. The van der Waals surface area contributed by atoms with Crippen molar-refractivity contribution < 1.29 is 13.2 Å². The van der Waals surface area contributed by atoms with Gasteiger partial charge in [-0.15, -0.1) is 5.10 Å². The Morgan fingerprint density at radius 1 is 1.11 bits per heavy atom. The topological polar surface area (TPSA) is 68.5 Å². The number of anilines is 2. The summed E-state index contributed by atoms with van der Waals surface area (Å²) in [5.74, 6) is 0.439. The molecule has 0 spiro atoms. The lowest BCUT2D eigenvalue weighted by Crippen LogP contribution is -2.06. The average molecular weight is 388 g/mol. The Labute approximate surface area is 160 Å². The molecule has 3 rings (SSSR count). The monoisotopic (exact) mass is 388 g/mol. The van der Waals surface area contributed by atoms with Gasteiger partial charge in [0.05, 0.1) is 24.0 Å². The summed E-state index contributed by atoms with van der Waals surface area (Å²) >= 11 is 0. The van der Waals surface area contributed by atoms with E-state index in [1.807, 2.05) is 32.1 Å². The van der Waals surface area contributed by atoms with E-state index in [1.165, 1.54) is 0 Å². The molecule has 0 aliphatic carbocycles. The van der Waals surface area contributed by atoms with Gasteiger partial charge in [-0.05, 0) is 43.2 Å². The van der Waals surface area contributed by atoms with Crippen LogP contribution in [0.4, 0.5) is 24.8 Å². The van der Waals surface area contributed by atoms with Gasteiger partial charge in [0, 0.05) is 6.20 Å². The van der Waals surface area contributed by atoms with E-state index >= 15 is 0 Å². The highest BCUT2D eigenvalue weighted by Gasteiger charge is 2.30. The molecule has 0 unspecified atom stereocenters. The lowest BCUT2D eigenvalue weighted by molar-refractivity contribution is -0.137. The van der Waals surface area contributed by atoms with Gasteiger partial charge in [0.2, 0.25) is 0 Å². The fraction of sp³-hybridized carbons (Fsp3) is 0.263. The molecular weight excluding hydrogens is 369 g/mol. The molecule has 0 atom stereocenters. The lowest BCUT2D eigenvalue weighted by Gasteiger charge is -2.10. The van der Waals surface area contributed by atoms with Gasteiger partial charge in [-0.3, -0.25) is 0 Å². The summed E-state index contributed by atoms with van der Waals surface area (Å²) in [5, 5.41) is 11.0. The predicted octanol–water partition coefficient (Wildman–Crippen LogP) is 4.77. The van der Waals surface area contributed by atoms with Gasteiger partial charge in [0.15, 0.2) is 0 Å². The van der Waals surface area contributed by atoms with Gasteiger partial charge >= 0.3 is 6.18 Å². The molecule has 0 fully saturated rings. The quantitative estimate of drug-likeness (QED) is 0.616. The van der Waals surface area contributed by atoms with E-state index in [1.54, 1.807) is 16.9 Å². The van der Waals surface area contributed by atoms with Crippen molar-refractivity contribution in [1.29, 1.82) is 0 Å². The number of allylic oxidation sites excluding steroid dienone is 2. The van der Waals surface area contributed by atoms with E-state index in [-0.39, 0.29) is 5.82 Å². The molecular formula is C19H19F3N6. The van der Waals surface area contributed by atoms with Crippen LogP contribution in [-0.2, 0) is 12.7 Å². The Morgan fingerprint density at radius 3 is 2.68 bits per heavy atom. The Hall–Kier alpha value is -3.23. The Bertz CT molecular complexity index is 978. The number of hydrogen-bond acceptors (Lipinski definition) is 5. The third-order valence-electron chi connectivity index (χ3n) is 3.81. The maximum atomic E-state index is 12.9. The predicted molar refractivity (Wildman–Crippen MR) is 99.9 cm³/mol. The standard InChI is InChI=1S/C19H19F3N6/c1-3-4-5-8-28-12-16(26-27-28)15-9-13(2)10-18(24-15)25-17-11-14(6-7-23-17)19(20,21)22/h4-7,9-12H,3,8H2,1-2H3,(H,23,24,25)/b5-4+. The maximum Gasteiger partial charge on any atom is 0.416 e. The van der Waals surface area contributed by atoms with Crippen LogP contribution in [0.25, 0.3) is 11.4 Å². The van der Waals surface area contributed by atoms with Gasteiger partial charge < -0.3 is 5.32 Å². The van der Waals surface area contributed by atoms with E-state index in [2.05, 4.69) is 25.6 Å². The zero-order valence-corrected chi connectivity index (χ0v) is 15.4. The van der Waals surface area contributed by atoms with Crippen molar-refractivity contribution in [3.05, 3.63) is 59.9 Å². The third-order valence-corrected chi connectivity index (χ3v) is 3.81. The number of rotatable bonds is 6. The van der Waals surface area contributed by atoms with Gasteiger partial charge in [-0.2, -0.15) is 13.2 Å². The van der Waals surface area contributed by atoms with E-state index < -0.39 is 11.7 Å². The van der Waals surface area contributed by atoms with Crippen LogP contribution >= 0.6 is 0 Å². The fourth-order valence-corrected chi connectivity index (χ4v) is 2.52. The van der Waals surface area contributed by atoms with E-state index in [4.69, 9.17) is 0 Å². The van der Waals surface area contributed by atoms with Gasteiger partial charge in [0.1, 0.15) is 17.3 Å². The van der Waals surface area contributed by atoms with Gasteiger partial charge in [-0.1, -0.05) is 24.3 Å². The number of alkyl halides is 3. The normalized spacial score (nSPS) is 11.9. The molecule has 146 valence electrons. The summed E-state index contributed by atoms with van der Waals surface area (Å²) in [7, 11) is 0. The second kappa shape index (κ2) is 8.20. The first-order valence-electron chi connectivity index (χ1n) is 8.69. The molecule has 3 heterocycles. The number of nitrogens with one attached hydrogen (secondary N) is 1. The summed E-state index contributed by atoms with van der Waals surface area (Å²) in [6, 6.07) is 5.42. The number of hydrogen-bond donors (Lipinski definition) is 1. The van der Waals surface area contributed by atoms with E-state index in [9.17, 15) is 13.2 Å². The Morgan fingerprint density at radius 2 is 1.93 bits per heavy atom. The summed E-state index contributed by atoms with van der Waals surface area (Å²) < 4.78 is 40.3. The zero-order valence-electron chi connectivity index (χ0n) is 15.4. The minimum absolute atomic E-state index is 0.0623. The molecule has 0 aliphatic heterocycles. The largest absolute Gasteiger partial charge is 0.416 e. The number of nitrogens with zero attached hydrogens (tertiary/aromatic N) is 5. The Balaban J connectivity index is 1.83. The number of aromatic nitrogens is 5. The molecule has 6 nitrogen and oxygen atoms in total. The van der Waals surface area contributed by atoms with Crippen LogP contribution in [0.2, 0.25) is 0 Å². The first-order chi connectivity index (χ1) is 13.3. The van der Waals surface area contributed by atoms with E-state index in [0.717, 1.165) is 30.3 Å². The smallest absolute Gasteiger partial charge is 0.325 e. The molecule has 0 amide bonds. The minimum atomic E-state index is -4.44. The van der Waals surface area contributed by atoms with Crippen LogP contribution in [0.5, 0.6) is 0 Å². The van der Waals surface area contributed by atoms with Crippen LogP contribution < -0.4 is 5.32 Å². The van der Waals surface area contributed by atoms with Crippen LogP contribution in [-0.4, -0.2) is 25.0 Å². The van der Waals surface area contributed by atoms with Crippen LogP contribution in [0, 0.1) is 6.92 Å². The van der Waals surface area contributed by atoms with Crippen molar-refractivity contribution in [1.82, 2.24) is 25.0 Å². The molecule has 0 bridgehead atoms. The van der Waals surface area contributed by atoms with Crippen LogP contribution in [0.3, 0.4) is 0 Å². The highest BCUT2D eigenvalue weighted by Crippen LogP contribution is 2.30. The number of aryl methyl sites for hydroxylation is 1. The van der Waals surface area contributed by atoms with Crippen molar-refractivity contribution in [3.63, 3.8) is 0 Å². The first kappa shape index (κ1) is 19.5. The average Bonchev–Trinajstić information content (AvgIpc) is 3.10. The van der Waals surface area contributed by atoms with Gasteiger partial charge in [-0.25, -0.2) is 14.6 Å². The highest BCUT2D eigenvalue weighted by molar-refractivity contribution is 5.61. The van der Waals surface area contributed by atoms with Gasteiger partial charge in [0.25, 0.3) is 0 Å². The number of pyridine rings is 2. The molecule has 0 saturated heterocycles. The lowest BCUT2D eigenvalue weighted by atomic mass is 10.2. The Kier molecular flexibility index (Phi) is 5.72. The second-order valence-electron chi connectivity index (χ2n) is 6.17. The highest BCUT2D eigenvalue weighted by atomic mass is 19.4. The minimum Gasteiger partial charge on any atom is -0.325 e. The van der Waals surface area contributed by atoms with Crippen molar-refractivity contribution in [2.75, 3.05) is 5.32 Å². The summed E-state index contributed by atoms with van der Waals surface area (Å²) in [6.45, 7) is 4.52. The van der Waals surface area contributed by atoms with Crippen molar-refractivity contribution in [2.45, 2.75) is 33.0 Å². The van der Waals surface area contributed by atoms with E-state index in [0.29, 0.717) is 23.8 Å². The molecule has 3 aromatic heterocycles. The van der Waals surface area contributed by atoms with Crippen molar-refractivity contribution in [3.8, 4) is 11.4 Å². The fourth-order valence-electron chi connectivity index (χ4n) is 2.52. The molecule has 9 heteroatoms. The molecule has 1 N–H and O–H groups in total. The molecule has 0 radical (unpaired) electrons. The summed E-state index contributed by atoms with van der Waals surface area (Å²) in [5.41, 5.74) is 1.25. The van der Waals surface area contributed by atoms with Crippen LogP contribution in [0.1, 0.15) is 24.5 Å². The zero-order chi connectivity index (χ0) is 20.1. The molecule has 28 heavy (non-hydrogen) atoms. The van der Waals surface area contributed by atoms with Crippen molar-refractivity contribution >= 4 is 11.6 Å². The molecule has 0 aromatic carbocycles. The second-order valence-corrected chi connectivity index (χ2v) is 6.17.